The number of benzene rings is 1. The zero-order valence-corrected chi connectivity index (χ0v) is 10.7. The number of ether oxygens (including phenoxy) is 1. The van der Waals surface area contributed by atoms with Crippen LogP contribution < -0.4 is 10.1 Å². The van der Waals surface area contributed by atoms with Gasteiger partial charge in [-0.3, -0.25) is 0 Å². The van der Waals surface area contributed by atoms with Crippen LogP contribution in [0.3, 0.4) is 0 Å². The standard InChI is InChI=1S/C14H19F2NO/c1-9(2)6-11-7-12-10(8-17-11)4-3-5-13(12)18-14(15)16/h3-5,9,11,14,17H,6-8H2,1-2H3. The normalized spacial score (nSPS) is 19.1. The van der Waals surface area contributed by atoms with Gasteiger partial charge in [0.2, 0.25) is 0 Å². The fourth-order valence-electron chi connectivity index (χ4n) is 2.52. The van der Waals surface area contributed by atoms with Gasteiger partial charge < -0.3 is 10.1 Å². The Morgan fingerprint density at radius 3 is 2.83 bits per heavy atom. The van der Waals surface area contributed by atoms with Crippen LogP contribution in [0.4, 0.5) is 8.78 Å². The first-order chi connectivity index (χ1) is 8.56. The number of halogens is 2. The van der Waals surface area contributed by atoms with Crippen molar-refractivity contribution >= 4 is 0 Å². The van der Waals surface area contributed by atoms with Crippen LogP contribution in [-0.2, 0) is 13.0 Å². The van der Waals surface area contributed by atoms with Gasteiger partial charge in [-0.25, -0.2) is 0 Å². The van der Waals surface area contributed by atoms with Gasteiger partial charge in [0.1, 0.15) is 5.75 Å². The van der Waals surface area contributed by atoms with Crippen molar-refractivity contribution in [2.24, 2.45) is 5.92 Å². The Hall–Kier alpha value is -1.16. The molecule has 0 spiro atoms. The fourth-order valence-corrected chi connectivity index (χ4v) is 2.52. The SMILES string of the molecule is CC(C)CC1Cc2c(cccc2OC(F)F)CN1. The van der Waals surface area contributed by atoms with Gasteiger partial charge in [0.15, 0.2) is 0 Å². The molecule has 0 saturated heterocycles. The van der Waals surface area contributed by atoms with Gasteiger partial charge in [0.25, 0.3) is 0 Å². The summed E-state index contributed by atoms with van der Waals surface area (Å²) < 4.78 is 29.3. The lowest BCUT2D eigenvalue weighted by Crippen LogP contribution is -2.36. The Bertz CT molecular complexity index is 407. The van der Waals surface area contributed by atoms with Crippen molar-refractivity contribution in [1.82, 2.24) is 5.32 Å². The number of rotatable bonds is 4. The average molecular weight is 255 g/mol. The largest absolute Gasteiger partial charge is 0.435 e. The molecule has 0 amide bonds. The Morgan fingerprint density at radius 1 is 1.39 bits per heavy atom. The van der Waals surface area contributed by atoms with E-state index in [9.17, 15) is 8.78 Å². The summed E-state index contributed by atoms with van der Waals surface area (Å²) in [7, 11) is 0. The molecule has 0 bridgehead atoms. The zero-order valence-electron chi connectivity index (χ0n) is 10.7. The highest BCUT2D eigenvalue weighted by atomic mass is 19.3. The molecule has 0 saturated carbocycles. The van der Waals surface area contributed by atoms with E-state index in [0.29, 0.717) is 17.7 Å². The first-order valence-electron chi connectivity index (χ1n) is 6.35. The minimum absolute atomic E-state index is 0.331. The second-order valence-electron chi connectivity index (χ2n) is 5.18. The number of fused-ring (bicyclic) bond motifs is 1. The van der Waals surface area contributed by atoms with Crippen LogP contribution in [0.2, 0.25) is 0 Å². The monoisotopic (exact) mass is 255 g/mol. The molecule has 18 heavy (non-hydrogen) atoms. The van der Waals surface area contributed by atoms with Crippen LogP contribution in [-0.4, -0.2) is 12.7 Å². The molecule has 1 aliphatic heterocycles. The lowest BCUT2D eigenvalue weighted by molar-refractivity contribution is -0.0506. The smallest absolute Gasteiger partial charge is 0.387 e. The molecular weight excluding hydrogens is 236 g/mol. The van der Waals surface area contributed by atoms with E-state index in [2.05, 4.69) is 23.9 Å². The first kappa shape index (κ1) is 13.3. The molecule has 1 aliphatic rings. The van der Waals surface area contributed by atoms with Crippen molar-refractivity contribution in [1.29, 1.82) is 0 Å². The Balaban J connectivity index is 2.17. The third-order valence-corrected chi connectivity index (χ3v) is 3.23. The molecular formula is C14H19F2NO. The van der Waals surface area contributed by atoms with Gasteiger partial charge in [0.05, 0.1) is 0 Å². The van der Waals surface area contributed by atoms with E-state index in [1.165, 1.54) is 0 Å². The predicted octanol–water partition coefficient (Wildman–Crippen LogP) is 3.35. The molecule has 1 aromatic rings. The topological polar surface area (TPSA) is 21.3 Å². The molecule has 0 radical (unpaired) electrons. The van der Waals surface area contributed by atoms with Gasteiger partial charge in [-0.15, -0.1) is 0 Å². The molecule has 100 valence electrons. The maximum atomic E-state index is 12.4. The van der Waals surface area contributed by atoms with Gasteiger partial charge in [0, 0.05) is 18.2 Å². The maximum Gasteiger partial charge on any atom is 0.387 e. The summed E-state index contributed by atoms with van der Waals surface area (Å²) >= 11 is 0. The highest BCUT2D eigenvalue weighted by Crippen LogP contribution is 2.29. The molecule has 2 nitrogen and oxygen atoms in total. The quantitative estimate of drug-likeness (QED) is 0.890. The van der Waals surface area contributed by atoms with E-state index in [4.69, 9.17) is 0 Å². The van der Waals surface area contributed by atoms with Gasteiger partial charge in [-0.05, 0) is 30.4 Å². The Labute approximate surface area is 106 Å². The molecule has 4 heteroatoms. The van der Waals surface area contributed by atoms with Crippen LogP contribution in [0.15, 0.2) is 18.2 Å². The summed E-state index contributed by atoms with van der Waals surface area (Å²) in [5, 5.41) is 3.44. The molecule has 1 unspecified atom stereocenters. The molecule has 0 fully saturated rings. The Kier molecular flexibility index (Phi) is 4.17. The summed E-state index contributed by atoms with van der Waals surface area (Å²) in [5.41, 5.74) is 2.00. The van der Waals surface area contributed by atoms with Crippen molar-refractivity contribution < 1.29 is 13.5 Å². The summed E-state index contributed by atoms with van der Waals surface area (Å²) in [5.74, 6) is 0.921. The van der Waals surface area contributed by atoms with E-state index in [-0.39, 0.29) is 0 Å². The third kappa shape index (κ3) is 3.19. The molecule has 2 rings (SSSR count). The van der Waals surface area contributed by atoms with E-state index in [1.807, 2.05) is 6.07 Å². The van der Waals surface area contributed by atoms with Gasteiger partial charge >= 0.3 is 6.61 Å². The van der Waals surface area contributed by atoms with E-state index < -0.39 is 6.61 Å². The van der Waals surface area contributed by atoms with E-state index in [1.54, 1.807) is 12.1 Å². The second kappa shape index (κ2) is 5.65. The fraction of sp³-hybridized carbons (Fsp3) is 0.571. The van der Waals surface area contributed by atoms with Crippen molar-refractivity contribution in [3.05, 3.63) is 29.3 Å². The van der Waals surface area contributed by atoms with Crippen LogP contribution in [0, 0.1) is 5.92 Å². The Morgan fingerprint density at radius 2 is 2.17 bits per heavy atom. The van der Waals surface area contributed by atoms with Crippen molar-refractivity contribution in [2.75, 3.05) is 0 Å². The minimum Gasteiger partial charge on any atom is -0.435 e. The van der Waals surface area contributed by atoms with E-state index >= 15 is 0 Å². The van der Waals surface area contributed by atoms with Crippen molar-refractivity contribution in [3.63, 3.8) is 0 Å². The zero-order chi connectivity index (χ0) is 13.1. The molecule has 0 aromatic heterocycles. The first-order valence-corrected chi connectivity index (χ1v) is 6.35. The summed E-state index contributed by atoms with van der Waals surface area (Å²) in [4.78, 5) is 0. The predicted molar refractivity (Wildman–Crippen MR) is 66.9 cm³/mol. The average Bonchev–Trinajstić information content (AvgIpc) is 2.28. The summed E-state index contributed by atoms with van der Waals surface area (Å²) in [6.45, 7) is 2.31. The van der Waals surface area contributed by atoms with Gasteiger partial charge in [-0.2, -0.15) is 8.78 Å². The molecule has 1 atom stereocenters. The molecule has 1 N–H and O–H groups in total. The van der Waals surface area contributed by atoms with Crippen LogP contribution >= 0.6 is 0 Å². The van der Waals surface area contributed by atoms with Gasteiger partial charge in [-0.1, -0.05) is 26.0 Å². The third-order valence-electron chi connectivity index (χ3n) is 3.23. The van der Waals surface area contributed by atoms with Crippen molar-refractivity contribution in [2.45, 2.75) is 45.9 Å². The summed E-state index contributed by atoms with van der Waals surface area (Å²) in [6.07, 6.45) is 1.80. The summed E-state index contributed by atoms with van der Waals surface area (Å²) in [6, 6.07) is 5.70. The number of alkyl halides is 2. The lowest BCUT2D eigenvalue weighted by atomic mass is 9.90. The molecule has 1 aromatic carbocycles. The number of hydrogen-bond donors (Lipinski definition) is 1. The lowest BCUT2D eigenvalue weighted by Gasteiger charge is -2.28. The molecule has 1 heterocycles. The van der Waals surface area contributed by atoms with Crippen LogP contribution in [0.1, 0.15) is 31.4 Å². The number of nitrogens with one attached hydrogen (secondary N) is 1. The van der Waals surface area contributed by atoms with Crippen LogP contribution in [0.5, 0.6) is 5.75 Å². The minimum atomic E-state index is -2.75. The maximum absolute atomic E-state index is 12.4. The highest BCUT2D eigenvalue weighted by Gasteiger charge is 2.22. The molecule has 0 aliphatic carbocycles. The number of hydrogen-bond acceptors (Lipinski definition) is 2. The highest BCUT2D eigenvalue weighted by molar-refractivity contribution is 5.42. The van der Waals surface area contributed by atoms with E-state index in [0.717, 1.165) is 30.5 Å². The van der Waals surface area contributed by atoms with Crippen molar-refractivity contribution in [3.8, 4) is 5.75 Å². The van der Waals surface area contributed by atoms with Crippen LogP contribution in [0.25, 0.3) is 0 Å². The second-order valence-corrected chi connectivity index (χ2v) is 5.18.